The minimum atomic E-state index is -0.422. The number of aromatic nitrogens is 5. The summed E-state index contributed by atoms with van der Waals surface area (Å²) in [7, 11) is 0. The first-order valence-electron chi connectivity index (χ1n) is 7.41. The number of rotatable bonds is 4. The molecule has 0 saturated carbocycles. The zero-order chi connectivity index (χ0) is 18.1. The molecule has 0 unspecified atom stereocenters. The van der Waals surface area contributed by atoms with E-state index in [0.717, 1.165) is 0 Å². The average molecular weight is 373 g/mol. The van der Waals surface area contributed by atoms with Crippen molar-refractivity contribution in [3.05, 3.63) is 58.8 Å². The summed E-state index contributed by atoms with van der Waals surface area (Å²) in [4.78, 5) is 16.4. The number of benzene rings is 1. The van der Waals surface area contributed by atoms with E-state index in [-0.39, 0.29) is 35.7 Å². The maximum Gasteiger partial charge on any atom is 0.294 e. The predicted molar refractivity (Wildman–Crippen MR) is 89.4 cm³/mol. The first-order valence-corrected chi connectivity index (χ1v) is 7.78. The number of nitrogen functional groups attached to an aromatic ring is 1. The van der Waals surface area contributed by atoms with Crippen molar-refractivity contribution < 1.29 is 13.3 Å². The summed E-state index contributed by atoms with van der Waals surface area (Å²) >= 11 is 5.91. The summed E-state index contributed by atoms with van der Waals surface area (Å²) in [6.07, 6.45) is 1.56. The van der Waals surface area contributed by atoms with Crippen LogP contribution in [0.2, 0.25) is 5.02 Å². The molecule has 1 aromatic carbocycles. The summed E-state index contributed by atoms with van der Waals surface area (Å²) < 4.78 is 24.2. The first kappa shape index (κ1) is 16.2. The van der Waals surface area contributed by atoms with Crippen molar-refractivity contribution in [2.75, 3.05) is 5.73 Å². The number of hydrogen-bond acceptors (Lipinski definition) is 8. The van der Waals surface area contributed by atoms with Gasteiger partial charge in [0.2, 0.25) is 17.6 Å². The van der Waals surface area contributed by atoms with Crippen LogP contribution in [0.4, 0.5) is 10.3 Å². The number of hydrogen-bond donors (Lipinski definition) is 1. The van der Waals surface area contributed by atoms with Crippen LogP contribution in [0.1, 0.15) is 11.4 Å². The summed E-state index contributed by atoms with van der Waals surface area (Å²) in [6, 6.07) is 7.60. The fourth-order valence-electron chi connectivity index (χ4n) is 2.28. The van der Waals surface area contributed by atoms with Crippen molar-refractivity contribution in [3.8, 4) is 23.3 Å². The van der Waals surface area contributed by atoms with E-state index < -0.39 is 5.82 Å². The monoisotopic (exact) mass is 372 g/mol. The Kier molecular flexibility index (Phi) is 4.05. The van der Waals surface area contributed by atoms with Gasteiger partial charge in [0.25, 0.3) is 5.89 Å². The second kappa shape index (κ2) is 6.52. The fourth-order valence-corrected chi connectivity index (χ4v) is 2.48. The third kappa shape index (κ3) is 3.24. The lowest BCUT2D eigenvalue weighted by atomic mass is 10.1. The molecule has 0 spiro atoms. The molecule has 4 aromatic rings. The molecule has 2 N–H and O–H groups in total. The topological polar surface area (TPSA) is 117 Å². The maximum absolute atomic E-state index is 13.9. The summed E-state index contributed by atoms with van der Waals surface area (Å²) in [5.74, 6) is 0.581. The van der Waals surface area contributed by atoms with E-state index in [4.69, 9.17) is 26.3 Å². The van der Waals surface area contributed by atoms with Crippen LogP contribution >= 0.6 is 11.6 Å². The first-order chi connectivity index (χ1) is 12.6. The Hall–Kier alpha value is -3.33. The van der Waals surface area contributed by atoms with E-state index in [2.05, 4.69) is 25.1 Å². The Bertz CT molecular complexity index is 1070. The lowest BCUT2D eigenvalue weighted by molar-refractivity contribution is 0.416. The van der Waals surface area contributed by atoms with Gasteiger partial charge in [-0.2, -0.15) is 15.0 Å². The van der Waals surface area contributed by atoms with Crippen molar-refractivity contribution in [2.45, 2.75) is 6.42 Å². The van der Waals surface area contributed by atoms with E-state index in [1.807, 2.05) is 0 Å². The Balaban J connectivity index is 1.67. The lowest BCUT2D eigenvalue weighted by Crippen LogP contribution is -2.07. The highest BCUT2D eigenvalue weighted by Gasteiger charge is 2.17. The van der Waals surface area contributed by atoms with E-state index >= 15 is 0 Å². The van der Waals surface area contributed by atoms with E-state index in [1.165, 1.54) is 24.5 Å². The molecule has 0 aliphatic heterocycles. The van der Waals surface area contributed by atoms with Gasteiger partial charge in [-0.1, -0.05) is 16.8 Å². The normalized spacial score (nSPS) is 11.0. The molecule has 0 aliphatic rings. The minimum absolute atomic E-state index is 0.0446. The highest BCUT2D eigenvalue weighted by molar-refractivity contribution is 6.30. The van der Waals surface area contributed by atoms with Crippen molar-refractivity contribution in [1.29, 1.82) is 0 Å². The fraction of sp³-hybridized carbons (Fsp3) is 0.0625. The van der Waals surface area contributed by atoms with Crippen molar-refractivity contribution in [1.82, 2.24) is 25.1 Å². The van der Waals surface area contributed by atoms with Crippen LogP contribution in [0.15, 0.2) is 45.5 Å². The second-order valence-electron chi connectivity index (χ2n) is 5.25. The highest BCUT2D eigenvalue weighted by Crippen LogP contribution is 2.22. The van der Waals surface area contributed by atoms with Crippen molar-refractivity contribution in [2.24, 2.45) is 0 Å². The molecule has 0 radical (unpaired) electrons. The Morgan fingerprint density at radius 3 is 2.77 bits per heavy atom. The van der Waals surface area contributed by atoms with Crippen LogP contribution in [0.3, 0.4) is 0 Å². The van der Waals surface area contributed by atoms with E-state index in [9.17, 15) is 4.39 Å². The molecule has 130 valence electrons. The molecule has 8 nitrogen and oxygen atoms in total. The zero-order valence-corrected chi connectivity index (χ0v) is 13.8. The van der Waals surface area contributed by atoms with Crippen LogP contribution in [0, 0.1) is 5.82 Å². The summed E-state index contributed by atoms with van der Waals surface area (Å²) in [6.45, 7) is 0. The van der Waals surface area contributed by atoms with Gasteiger partial charge in [-0.05, 0) is 35.9 Å². The smallest absolute Gasteiger partial charge is 0.294 e. The van der Waals surface area contributed by atoms with Crippen LogP contribution < -0.4 is 5.73 Å². The van der Waals surface area contributed by atoms with Crippen molar-refractivity contribution in [3.63, 3.8) is 0 Å². The van der Waals surface area contributed by atoms with Crippen LogP contribution in [-0.2, 0) is 6.42 Å². The third-order valence-electron chi connectivity index (χ3n) is 3.41. The van der Waals surface area contributed by atoms with Gasteiger partial charge < -0.3 is 14.7 Å². The molecule has 0 saturated heterocycles. The quantitative estimate of drug-likeness (QED) is 0.580. The van der Waals surface area contributed by atoms with Crippen LogP contribution in [0.5, 0.6) is 0 Å². The summed E-state index contributed by atoms with van der Waals surface area (Å²) in [5, 5.41) is 4.22. The van der Waals surface area contributed by atoms with Gasteiger partial charge >= 0.3 is 0 Å². The zero-order valence-electron chi connectivity index (χ0n) is 13.1. The molecule has 3 heterocycles. The molecule has 0 bridgehead atoms. The SMILES string of the molecule is Nc1nc(Cc2cc(Cl)ccc2F)nc(-c2noc(-c3ccco3)n2)n1. The molecule has 4 rings (SSSR count). The average Bonchev–Trinajstić information content (AvgIpc) is 3.28. The van der Waals surface area contributed by atoms with Gasteiger partial charge in [0, 0.05) is 11.4 Å². The molecular formula is C16H10ClFN6O2. The van der Waals surface area contributed by atoms with Gasteiger partial charge in [-0.25, -0.2) is 9.37 Å². The van der Waals surface area contributed by atoms with Gasteiger partial charge in [-0.15, -0.1) is 0 Å². The largest absolute Gasteiger partial charge is 0.459 e. The Labute approximate surface area is 150 Å². The standard InChI is InChI=1S/C16H10ClFN6O2/c17-9-3-4-10(18)8(6-9)7-12-20-13(23-16(19)21-12)14-22-15(26-24-14)11-2-1-5-25-11/h1-6H,7H2,(H2,19,20,21,23). The molecule has 0 aliphatic carbocycles. The maximum atomic E-state index is 13.9. The number of furan rings is 1. The second-order valence-corrected chi connectivity index (χ2v) is 5.68. The van der Waals surface area contributed by atoms with Crippen LogP contribution in [-0.4, -0.2) is 25.1 Å². The molecular weight excluding hydrogens is 363 g/mol. The number of nitrogens with zero attached hydrogens (tertiary/aromatic N) is 5. The molecule has 26 heavy (non-hydrogen) atoms. The molecule has 3 aromatic heterocycles. The molecule has 0 atom stereocenters. The Morgan fingerprint density at radius 1 is 1.08 bits per heavy atom. The van der Waals surface area contributed by atoms with Gasteiger partial charge in [0.05, 0.1) is 6.26 Å². The molecule has 0 amide bonds. The molecule has 0 fully saturated rings. The van der Waals surface area contributed by atoms with E-state index in [0.29, 0.717) is 16.3 Å². The predicted octanol–water partition coefficient (Wildman–Crippen LogP) is 3.15. The molecule has 10 heteroatoms. The number of anilines is 1. The van der Waals surface area contributed by atoms with Gasteiger partial charge in [0.15, 0.2) is 5.76 Å². The highest BCUT2D eigenvalue weighted by atomic mass is 35.5. The third-order valence-corrected chi connectivity index (χ3v) is 3.65. The van der Waals surface area contributed by atoms with Gasteiger partial charge in [0.1, 0.15) is 11.6 Å². The van der Waals surface area contributed by atoms with E-state index in [1.54, 1.807) is 12.1 Å². The van der Waals surface area contributed by atoms with Gasteiger partial charge in [-0.3, -0.25) is 0 Å². The lowest BCUT2D eigenvalue weighted by Gasteiger charge is -2.05. The van der Waals surface area contributed by atoms with Crippen molar-refractivity contribution >= 4 is 17.5 Å². The number of nitrogens with two attached hydrogens (primary N) is 1. The minimum Gasteiger partial charge on any atom is -0.459 e. The summed E-state index contributed by atoms with van der Waals surface area (Å²) in [5.41, 5.74) is 6.06. The van der Waals surface area contributed by atoms with Crippen LogP contribution in [0.25, 0.3) is 23.3 Å². The number of halogens is 2. The Morgan fingerprint density at radius 2 is 1.96 bits per heavy atom.